The summed E-state index contributed by atoms with van der Waals surface area (Å²) >= 11 is 0. The van der Waals surface area contributed by atoms with Crippen molar-refractivity contribution in [1.82, 2.24) is 14.9 Å². The third-order valence-electron chi connectivity index (χ3n) is 4.56. The third-order valence-corrected chi connectivity index (χ3v) is 4.56. The van der Waals surface area contributed by atoms with Crippen LogP contribution >= 0.6 is 0 Å². The molecular formula is C21H25N3O2. The summed E-state index contributed by atoms with van der Waals surface area (Å²) in [5.74, 6) is 1.74. The number of para-hydroxylation sites is 2. The molecule has 0 fully saturated rings. The molecule has 1 N–H and O–H groups in total. The van der Waals surface area contributed by atoms with Crippen LogP contribution in [-0.2, 0) is 17.9 Å². The Morgan fingerprint density at radius 2 is 1.96 bits per heavy atom. The number of ether oxygens (including phenoxy) is 1. The van der Waals surface area contributed by atoms with Crippen molar-refractivity contribution in [1.29, 1.82) is 0 Å². The van der Waals surface area contributed by atoms with Gasteiger partial charge in [0, 0.05) is 6.42 Å². The summed E-state index contributed by atoms with van der Waals surface area (Å²) in [5.41, 5.74) is 4.46. The normalized spacial score (nSPS) is 10.9. The standard InChI is InChI=1S/C21H25N3O2/c1-4-21(25)22-14-20-23-18-7-5-6-8-19(18)24(20)11-12-26-17-10-9-15(2)16(3)13-17/h5-10,13H,4,11-12,14H2,1-3H3,(H,22,25). The van der Waals surface area contributed by atoms with Gasteiger partial charge in [-0.25, -0.2) is 4.98 Å². The summed E-state index contributed by atoms with van der Waals surface area (Å²) in [4.78, 5) is 16.3. The Labute approximate surface area is 154 Å². The SMILES string of the molecule is CCC(=O)NCc1nc2ccccc2n1CCOc1ccc(C)c(C)c1. The summed E-state index contributed by atoms with van der Waals surface area (Å²) in [7, 11) is 0. The average molecular weight is 351 g/mol. The van der Waals surface area contributed by atoms with Gasteiger partial charge in [-0.05, 0) is 49.2 Å². The van der Waals surface area contributed by atoms with E-state index in [-0.39, 0.29) is 5.91 Å². The quantitative estimate of drug-likeness (QED) is 0.705. The summed E-state index contributed by atoms with van der Waals surface area (Å²) < 4.78 is 8.05. The molecule has 0 saturated heterocycles. The minimum atomic E-state index is 0.0231. The van der Waals surface area contributed by atoms with Crippen LogP contribution < -0.4 is 10.1 Å². The zero-order chi connectivity index (χ0) is 18.5. The van der Waals surface area contributed by atoms with E-state index in [1.807, 2.05) is 37.3 Å². The second kappa shape index (κ2) is 8.04. The van der Waals surface area contributed by atoms with E-state index in [1.165, 1.54) is 11.1 Å². The number of carbonyl (C=O) groups excluding carboxylic acids is 1. The van der Waals surface area contributed by atoms with Crippen LogP contribution in [-0.4, -0.2) is 22.1 Å². The molecule has 0 radical (unpaired) electrons. The molecule has 0 spiro atoms. The van der Waals surface area contributed by atoms with Gasteiger partial charge in [0.1, 0.15) is 18.2 Å². The Morgan fingerprint density at radius 1 is 1.15 bits per heavy atom. The van der Waals surface area contributed by atoms with Crippen molar-refractivity contribution in [3.8, 4) is 5.75 Å². The Bertz CT molecular complexity index is 915. The van der Waals surface area contributed by atoms with E-state index in [9.17, 15) is 4.79 Å². The average Bonchev–Trinajstić information content (AvgIpc) is 3.00. The second-order valence-electron chi connectivity index (χ2n) is 6.39. The van der Waals surface area contributed by atoms with E-state index in [0.717, 1.165) is 22.6 Å². The molecule has 0 unspecified atom stereocenters. The number of nitrogens with zero attached hydrogens (tertiary/aromatic N) is 2. The van der Waals surface area contributed by atoms with E-state index in [2.05, 4.69) is 40.8 Å². The lowest BCUT2D eigenvalue weighted by Crippen LogP contribution is -2.24. The van der Waals surface area contributed by atoms with Gasteiger partial charge in [0.15, 0.2) is 0 Å². The fraction of sp³-hybridized carbons (Fsp3) is 0.333. The van der Waals surface area contributed by atoms with E-state index < -0.39 is 0 Å². The fourth-order valence-corrected chi connectivity index (χ4v) is 2.87. The maximum Gasteiger partial charge on any atom is 0.220 e. The van der Waals surface area contributed by atoms with Gasteiger partial charge >= 0.3 is 0 Å². The first-order chi connectivity index (χ1) is 12.6. The number of hydrogen-bond acceptors (Lipinski definition) is 3. The number of nitrogens with one attached hydrogen (secondary N) is 1. The lowest BCUT2D eigenvalue weighted by molar-refractivity contribution is -0.120. The molecule has 5 heteroatoms. The highest BCUT2D eigenvalue weighted by atomic mass is 16.5. The van der Waals surface area contributed by atoms with Crippen molar-refractivity contribution < 1.29 is 9.53 Å². The highest BCUT2D eigenvalue weighted by molar-refractivity contribution is 5.77. The molecule has 1 aromatic heterocycles. The van der Waals surface area contributed by atoms with Crippen molar-refractivity contribution >= 4 is 16.9 Å². The minimum absolute atomic E-state index is 0.0231. The molecule has 0 aliphatic heterocycles. The monoisotopic (exact) mass is 351 g/mol. The first-order valence-electron chi connectivity index (χ1n) is 8.99. The number of carbonyl (C=O) groups is 1. The molecule has 136 valence electrons. The van der Waals surface area contributed by atoms with Crippen LogP contribution in [0, 0.1) is 13.8 Å². The second-order valence-corrected chi connectivity index (χ2v) is 6.39. The van der Waals surface area contributed by atoms with Crippen LogP contribution in [0.2, 0.25) is 0 Å². The first-order valence-corrected chi connectivity index (χ1v) is 8.99. The molecule has 0 bridgehead atoms. The molecule has 2 aromatic carbocycles. The summed E-state index contributed by atoms with van der Waals surface area (Å²) in [6.07, 6.45) is 0.468. The van der Waals surface area contributed by atoms with Crippen LogP contribution in [0.5, 0.6) is 5.75 Å². The van der Waals surface area contributed by atoms with Gasteiger partial charge in [0.25, 0.3) is 0 Å². The first kappa shape index (κ1) is 18.0. The summed E-state index contributed by atoms with van der Waals surface area (Å²) in [6, 6.07) is 14.1. The number of amides is 1. The predicted molar refractivity (Wildman–Crippen MR) is 103 cm³/mol. The third kappa shape index (κ3) is 4.04. The molecule has 26 heavy (non-hydrogen) atoms. The lowest BCUT2D eigenvalue weighted by atomic mass is 10.1. The predicted octanol–water partition coefficient (Wildman–Crippen LogP) is 3.76. The van der Waals surface area contributed by atoms with Crippen LogP contribution in [0.15, 0.2) is 42.5 Å². The number of aromatic nitrogens is 2. The Kier molecular flexibility index (Phi) is 5.56. The van der Waals surface area contributed by atoms with Crippen LogP contribution in [0.1, 0.15) is 30.3 Å². The summed E-state index contributed by atoms with van der Waals surface area (Å²) in [6.45, 7) is 7.65. The number of hydrogen-bond donors (Lipinski definition) is 1. The Hall–Kier alpha value is -2.82. The van der Waals surface area contributed by atoms with Gasteiger partial charge in [0.2, 0.25) is 5.91 Å². The highest BCUT2D eigenvalue weighted by Crippen LogP contribution is 2.18. The van der Waals surface area contributed by atoms with Gasteiger partial charge in [-0.2, -0.15) is 0 Å². The molecular weight excluding hydrogens is 326 g/mol. The number of fused-ring (bicyclic) bond motifs is 1. The van der Waals surface area contributed by atoms with Crippen molar-refractivity contribution in [2.24, 2.45) is 0 Å². The molecule has 0 aliphatic rings. The van der Waals surface area contributed by atoms with Gasteiger partial charge < -0.3 is 14.6 Å². The van der Waals surface area contributed by atoms with Gasteiger partial charge in [-0.1, -0.05) is 25.1 Å². The molecule has 5 nitrogen and oxygen atoms in total. The molecule has 3 aromatic rings. The van der Waals surface area contributed by atoms with Crippen molar-refractivity contribution in [2.75, 3.05) is 6.61 Å². The van der Waals surface area contributed by atoms with E-state index in [1.54, 1.807) is 0 Å². The van der Waals surface area contributed by atoms with Crippen LogP contribution in [0.4, 0.5) is 0 Å². The lowest BCUT2D eigenvalue weighted by Gasteiger charge is -2.12. The van der Waals surface area contributed by atoms with E-state index in [0.29, 0.717) is 26.1 Å². The molecule has 0 aliphatic carbocycles. The molecule has 0 saturated carbocycles. The topological polar surface area (TPSA) is 56.2 Å². The zero-order valence-electron chi connectivity index (χ0n) is 15.6. The molecule has 1 heterocycles. The highest BCUT2D eigenvalue weighted by Gasteiger charge is 2.11. The maximum atomic E-state index is 11.6. The van der Waals surface area contributed by atoms with Gasteiger partial charge in [0.05, 0.1) is 24.1 Å². The van der Waals surface area contributed by atoms with Gasteiger partial charge in [-0.3, -0.25) is 4.79 Å². The Balaban J connectivity index is 1.74. The van der Waals surface area contributed by atoms with Crippen molar-refractivity contribution in [3.05, 3.63) is 59.4 Å². The van der Waals surface area contributed by atoms with E-state index >= 15 is 0 Å². The maximum absolute atomic E-state index is 11.6. The van der Waals surface area contributed by atoms with Crippen LogP contribution in [0.3, 0.4) is 0 Å². The summed E-state index contributed by atoms with van der Waals surface area (Å²) in [5, 5.41) is 2.91. The number of aryl methyl sites for hydroxylation is 2. The minimum Gasteiger partial charge on any atom is -0.492 e. The number of rotatable bonds is 7. The zero-order valence-corrected chi connectivity index (χ0v) is 15.6. The number of imidazole rings is 1. The number of benzene rings is 2. The van der Waals surface area contributed by atoms with Crippen molar-refractivity contribution in [2.45, 2.75) is 40.3 Å². The Morgan fingerprint density at radius 3 is 2.73 bits per heavy atom. The molecule has 3 rings (SSSR count). The van der Waals surface area contributed by atoms with E-state index in [4.69, 9.17) is 4.74 Å². The largest absolute Gasteiger partial charge is 0.492 e. The smallest absolute Gasteiger partial charge is 0.220 e. The van der Waals surface area contributed by atoms with Crippen LogP contribution in [0.25, 0.3) is 11.0 Å². The van der Waals surface area contributed by atoms with Crippen molar-refractivity contribution in [3.63, 3.8) is 0 Å². The molecule has 1 amide bonds. The molecule has 0 atom stereocenters. The van der Waals surface area contributed by atoms with Gasteiger partial charge in [-0.15, -0.1) is 0 Å². The fourth-order valence-electron chi connectivity index (χ4n) is 2.87.